The highest BCUT2D eigenvalue weighted by atomic mass is 32.1. The zero-order valence-corrected chi connectivity index (χ0v) is 12.1. The van der Waals surface area contributed by atoms with Crippen LogP contribution in [0.2, 0.25) is 0 Å². The van der Waals surface area contributed by atoms with Crippen LogP contribution in [0.3, 0.4) is 0 Å². The first-order chi connectivity index (χ1) is 7.78. The fraction of sp³-hybridized carbons (Fsp3) is 0.833. The Morgan fingerprint density at radius 2 is 2.00 bits per heavy atom. The molecule has 0 heterocycles. The zero-order valence-electron chi connectivity index (χ0n) is 11.3. The molecule has 0 aromatic rings. The van der Waals surface area contributed by atoms with Gasteiger partial charge in [-0.1, -0.05) is 19.1 Å². The minimum Gasteiger partial charge on any atom is -0.393 e. The van der Waals surface area contributed by atoms with Crippen molar-refractivity contribution >= 4 is 23.1 Å². The van der Waals surface area contributed by atoms with Gasteiger partial charge in [0, 0.05) is 20.0 Å². The van der Waals surface area contributed by atoms with Crippen LogP contribution in [0.25, 0.3) is 0 Å². The molecule has 0 spiro atoms. The quantitative estimate of drug-likeness (QED) is 0.675. The van der Waals surface area contributed by atoms with Crippen LogP contribution in [0.4, 0.5) is 0 Å². The Labute approximate surface area is 109 Å². The van der Waals surface area contributed by atoms with Crippen molar-refractivity contribution < 1.29 is 9.53 Å². The summed E-state index contributed by atoms with van der Waals surface area (Å²) in [4.78, 5) is 13.8. The van der Waals surface area contributed by atoms with Crippen LogP contribution in [0.5, 0.6) is 0 Å². The lowest BCUT2D eigenvalue weighted by molar-refractivity contribution is -0.132. The van der Waals surface area contributed by atoms with Crippen molar-refractivity contribution in [3.8, 4) is 0 Å². The molecule has 0 aromatic carbocycles. The van der Waals surface area contributed by atoms with Crippen molar-refractivity contribution in [2.24, 2.45) is 5.73 Å². The van der Waals surface area contributed by atoms with Crippen LogP contribution in [0.15, 0.2) is 0 Å². The highest BCUT2D eigenvalue weighted by molar-refractivity contribution is 7.80. The molecule has 5 heteroatoms. The Morgan fingerprint density at radius 1 is 1.41 bits per heavy atom. The Balaban J connectivity index is 3.82. The van der Waals surface area contributed by atoms with E-state index in [0.29, 0.717) is 31.0 Å². The number of amides is 1. The van der Waals surface area contributed by atoms with E-state index in [1.165, 1.54) is 0 Å². The van der Waals surface area contributed by atoms with Crippen LogP contribution in [-0.2, 0) is 9.53 Å². The molecule has 0 unspecified atom stereocenters. The number of carbonyl (C=O) groups is 1. The molecule has 0 aliphatic rings. The summed E-state index contributed by atoms with van der Waals surface area (Å²) in [5.41, 5.74) is 5.23. The fourth-order valence-corrected chi connectivity index (χ4v) is 1.20. The normalized spacial score (nSPS) is 11.3. The fourth-order valence-electron chi connectivity index (χ4n) is 1.11. The van der Waals surface area contributed by atoms with Crippen molar-refractivity contribution in [1.82, 2.24) is 4.90 Å². The van der Waals surface area contributed by atoms with Crippen LogP contribution in [0, 0.1) is 0 Å². The molecule has 1 amide bonds. The van der Waals surface area contributed by atoms with E-state index < -0.39 is 0 Å². The highest BCUT2D eigenvalue weighted by Gasteiger charge is 2.16. The number of nitrogens with two attached hydrogens (primary N) is 1. The first kappa shape index (κ1) is 16.3. The summed E-state index contributed by atoms with van der Waals surface area (Å²) in [6.45, 7) is 7.14. The number of carbonyl (C=O) groups excluding carboxylic acids is 1. The first-order valence-electron chi connectivity index (χ1n) is 5.94. The van der Waals surface area contributed by atoms with Gasteiger partial charge in [-0.05, 0) is 20.3 Å². The van der Waals surface area contributed by atoms with Gasteiger partial charge in [-0.15, -0.1) is 0 Å². The van der Waals surface area contributed by atoms with Crippen molar-refractivity contribution in [2.45, 2.75) is 45.6 Å². The number of hydrogen-bond donors (Lipinski definition) is 1. The van der Waals surface area contributed by atoms with Gasteiger partial charge in [-0.25, -0.2) is 0 Å². The van der Waals surface area contributed by atoms with Gasteiger partial charge in [0.15, 0.2) is 0 Å². The highest BCUT2D eigenvalue weighted by Crippen LogP contribution is 2.13. The van der Waals surface area contributed by atoms with E-state index in [1.54, 1.807) is 11.9 Å². The average molecular weight is 260 g/mol. The van der Waals surface area contributed by atoms with Gasteiger partial charge in [0.25, 0.3) is 0 Å². The summed E-state index contributed by atoms with van der Waals surface area (Å²) in [6.07, 6.45) is 1.90. The monoisotopic (exact) mass is 260 g/mol. The predicted octanol–water partition coefficient (Wildman–Crippen LogP) is 1.72. The lowest BCUT2D eigenvalue weighted by Crippen LogP contribution is -2.32. The molecule has 0 saturated carbocycles. The third-order valence-electron chi connectivity index (χ3n) is 2.78. The van der Waals surface area contributed by atoms with Crippen molar-refractivity contribution in [1.29, 1.82) is 0 Å². The van der Waals surface area contributed by atoms with Crippen molar-refractivity contribution in [3.05, 3.63) is 0 Å². The molecule has 17 heavy (non-hydrogen) atoms. The smallest absolute Gasteiger partial charge is 0.224 e. The molecule has 0 atom stereocenters. The van der Waals surface area contributed by atoms with Gasteiger partial charge < -0.3 is 15.4 Å². The second-order valence-corrected chi connectivity index (χ2v) is 5.27. The second kappa shape index (κ2) is 7.61. The Kier molecular flexibility index (Phi) is 7.30. The molecule has 0 radical (unpaired) electrons. The van der Waals surface area contributed by atoms with Crippen LogP contribution >= 0.6 is 12.2 Å². The molecule has 4 nitrogen and oxygen atoms in total. The summed E-state index contributed by atoms with van der Waals surface area (Å²) in [7, 11) is 1.76. The number of hydrogen-bond acceptors (Lipinski definition) is 3. The van der Waals surface area contributed by atoms with Gasteiger partial charge in [-0.3, -0.25) is 4.79 Å². The maximum atomic E-state index is 11.7. The number of ether oxygens (including phenoxy) is 1. The maximum absolute atomic E-state index is 11.7. The van der Waals surface area contributed by atoms with Crippen LogP contribution in [0.1, 0.15) is 40.0 Å². The van der Waals surface area contributed by atoms with Crippen molar-refractivity contribution in [2.75, 3.05) is 20.2 Å². The Hall–Kier alpha value is -0.680. The third kappa shape index (κ3) is 8.10. The molecule has 0 aliphatic carbocycles. The SMILES string of the molecule is CCC(C)(C)OCCC(=O)N(C)CCC(N)=S. The van der Waals surface area contributed by atoms with Crippen LogP contribution < -0.4 is 5.73 Å². The Morgan fingerprint density at radius 3 is 2.47 bits per heavy atom. The first-order valence-corrected chi connectivity index (χ1v) is 6.35. The molecule has 0 fully saturated rings. The van der Waals surface area contributed by atoms with Gasteiger partial charge in [0.1, 0.15) is 0 Å². The number of nitrogens with zero attached hydrogens (tertiary/aromatic N) is 1. The predicted molar refractivity (Wildman–Crippen MR) is 74.0 cm³/mol. The number of rotatable bonds is 8. The summed E-state index contributed by atoms with van der Waals surface area (Å²) in [5, 5.41) is 0. The van der Waals surface area contributed by atoms with Gasteiger partial charge in [-0.2, -0.15) is 0 Å². The lowest BCUT2D eigenvalue weighted by atomic mass is 10.1. The topological polar surface area (TPSA) is 55.6 Å². The number of thiocarbonyl (C=S) groups is 1. The third-order valence-corrected chi connectivity index (χ3v) is 2.98. The molecule has 0 bridgehead atoms. The minimum absolute atomic E-state index is 0.0631. The lowest BCUT2D eigenvalue weighted by Gasteiger charge is -2.24. The molecule has 100 valence electrons. The second-order valence-electron chi connectivity index (χ2n) is 4.74. The summed E-state index contributed by atoms with van der Waals surface area (Å²) in [6, 6.07) is 0. The summed E-state index contributed by atoms with van der Waals surface area (Å²) >= 11 is 4.77. The molecule has 0 aromatic heterocycles. The summed E-state index contributed by atoms with van der Waals surface area (Å²) in [5.74, 6) is 0.0631. The molecule has 2 N–H and O–H groups in total. The molecular formula is C12H24N2O2S. The van der Waals surface area contributed by atoms with E-state index in [1.807, 2.05) is 13.8 Å². The van der Waals surface area contributed by atoms with E-state index in [-0.39, 0.29) is 11.5 Å². The minimum atomic E-state index is -0.155. The maximum Gasteiger partial charge on any atom is 0.224 e. The van der Waals surface area contributed by atoms with E-state index in [2.05, 4.69) is 6.92 Å². The summed E-state index contributed by atoms with van der Waals surface area (Å²) < 4.78 is 5.63. The van der Waals surface area contributed by atoms with Gasteiger partial charge in [0.2, 0.25) is 5.91 Å². The van der Waals surface area contributed by atoms with Crippen molar-refractivity contribution in [3.63, 3.8) is 0 Å². The molecular weight excluding hydrogens is 236 g/mol. The largest absolute Gasteiger partial charge is 0.393 e. The van der Waals surface area contributed by atoms with E-state index in [0.717, 1.165) is 6.42 Å². The van der Waals surface area contributed by atoms with Gasteiger partial charge in [0.05, 0.1) is 23.6 Å². The van der Waals surface area contributed by atoms with E-state index in [4.69, 9.17) is 22.7 Å². The van der Waals surface area contributed by atoms with E-state index in [9.17, 15) is 4.79 Å². The zero-order chi connectivity index (χ0) is 13.5. The van der Waals surface area contributed by atoms with Gasteiger partial charge >= 0.3 is 0 Å². The van der Waals surface area contributed by atoms with E-state index >= 15 is 0 Å². The molecule has 0 rings (SSSR count). The van der Waals surface area contributed by atoms with Crippen LogP contribution in [-0.4, -0.2) is 41.6 Å². The standard InChI is InChI=1S/C12H24N2O2S/c1-5-12(2,3)16-9-7-11(15)14(4)8-6-10(13)17/h5-9H2,1-4H3,(H2,13,17). The Bertz CT molecular complexity index is 267. The molecule has 0 saturated heterocycles. The average Bonchev–Trinajstić information content (AvgIpc) is 2.25. The molecule has 0 aliphatic heterocycles.